The van der Waals surface area contributed by atoms with Gasteiger partial charge in [0, 0.05) is 30.1 Å². The first-order chi connectivity index (χ1) is 12.2. The van der Waals surface area contributed by atoms with Crippen molar-refractivity contribution in [1.82, 2.24) is 9.88 Å². The molecule has 0 unspecified atom stereocenters. The molecular weight excluding hydrogens is 332 g/mol. The Morgan fingerprint density at radius 3 is 2.56 bits per heavy atom. The molecule has 3 nitrogen and oxygen atoms in total. The topological polar surface area (TPSA) is 25.4 Å². The van der Waals surface area contributed by atoms with E-state index in [9.17, 15) is 0 Å². The van der Waals surface area contributed by atoms with Crippen LogP contribution in [0.25, 0.3) is 10.9 Å². The first-order valence-corrected chi connectivity index (χ1v) is 9.02. The Hall–Kier alpha value is -2.10. The molecule has 2 aromatic carbocycles. The van der Waals surface area contributed by atoms with Crippen molar-refractivity contribution in [2.75, 3.05) is 7.11 Å². The molecule has 0 N–H and O–H groups in total. The third-order valence-corrected chi connectivity index (χ3v) is 5.06. The Morgan fingerprint density at radius 2 is 1.84 bits per heavy atom. The average Bonchev–Trinajstić information content (AvgIpc) is 3.47. The molecule has 0 spiro atoms. The number of fused-ring (bicyclic) bond motifs is 1. The van der Waals surface area contributed by atoms with E-state index in [-0.39, 0.29) is 0 Å². The maximum atomic E-state index is 6.46. The number of benzene rings is 2. The summed E-state index contributed by atoms with van der Waals surface area (Å²) in [7, 11) is 1.69. The molecule has 3 aromatic rings. The standard InChI is InChI=1S/C21H21ClN2O/c1-25-19-10-6-15(7-11-19)13-24(18-8-9-18)14-17-12-16-4-2-3-5-20(16)23-21(17)22/h2-7,10-12,18H,8-9,13-14H2,1H3. The number of para-hydroxylation sites is 1. The number of pyridine rings is 1. The van der Waals surface area contributed by atoms with Crippen molar-refractivity contribution < 1.29 is 4.74 Å². The highest BCUT2D eigenvalue weighted by molar-refractivity contribution is 6.30. The quantitative estimate of drug-likeness (QED) is 0.580. The Kier molecular flexibility index (Phi) is 4.60. The van der Waals surface area contributed by atoms with E-state index in [0.717, 1.165) is 35.3 Å². The third kappa shape index (κ3) is 3.78. The molecule has 1 heterocycles. The molecule has 1 aliphatic rings. The second-order valence-corrected chi connectivity index (χ2v) is 6.97. The van der Waals surface area contributed by atoms with Crippen molar-refractivity contribution in [3.8, 4) is 5.75 Å². The number of methoxy groups -OCH3 is 1. The van der Waals surface area contributed by atoms with Gasteiger partial charge in [-0.1, -0.05) is 41.9 Å². The SMILES string of the molecule is COc1ccc(CN(Cc2cc3ccccc3nc2Cl)C2CC2)cc1. The highest BCUT2D eigenvalue weighted by atomic mass is 35.5. The maximum Gasteiger partial charge on any atom is 0.134 e. The summed E-state index contributed by atoms with van der Waals surface area (Å²) in [5, 5.41) is 1.75. The van der Waals surface area contributed by atoms with E-state index in [1.54, 1.807) is 7.11 Å². The van der Waals surface area contributed by atoms with E-state index in [2.05, 4.69) is 34.1 Å². The lowest BCUT2D eigenvalue weighted by molar-refractivity contribution is 0.245. The zero-order valence-corrected chi connectivity index (χ0v) is 15.0. The number of ether oxygens (including phenoxy) is 1. The molecule has 1 saturated carbocycles. The van der Waals surface area contributed by atoms with Crippen LogP contribution in [-0.2, 0) is 13.1 Å². The molecule has 4 heteroatoms. The molecule has 0 atom stereocenters. The van der Waals surface area contributed by atoms with Crippen molar-refractivity contribution in [2.45, 2.75) is 32.0 Å². The fourth-order valence-electron chi connectivity index (χ4n) is 3.19. The smallest absolute Gasteiger partial charge is 0.134 e. The van der Waals surface area contributed by atoms with E-state index in [1.165, 1.54) is 18.4 Å². The van der Waals surface area contributed by atoms with Crippen LogP contribution in [0.15, 0.2) is 54.6 Å². The highest BCUT2D eigenvalue weighted by Crippen LogP contribution is 2.32. The lowest BCUT2D eigenvalue weighted by atomic mass is 10.1. The molecule has 0 amide bonds. The zero-order chi connectivity index (χ0) is 17.2. The van der Waals surface area contributed by atoms with Crippen molar-refractivity contribution in [1.29, 1.82) is 0 Å². The van der Waals surface area contributed by atoms with E-state index in [4.69, 9.17) is 16.3 Å². The molecule has 1 fully saturated rings. The third-order valence-electron chi connectivity index (χ3n) is 4.73. The maximum absolute atomic E-state index is 6.46. The minimum Gasteiger partial charge on any atom is -0.497 e. The van der Waals surface area contributed by atoms with Gasteiger partial charge in [0.05, 0.1) is 12.6 Å². The fourth-order valence-corrected chi connectivity index (χ4v) is 3.39. The van der Waals surface area contributed by atoms with Crippen LogP contribution in [0.4, 0.5) is 0 Å². The van der Waals surface area contributed by atoms with Crippen LogP contribution in [0.1, 0.15) is 24.0 Å². The number of rotatable bonds is 6. The second-order valence-electron chi connectivity index (χ2n) is 6.62. The normalized spacial score (nSPS) is 14.2. The predicted octanol–water partition coefficient (Wildman–Crippen LogP) is 5.06. The first kappa shape index (κ1) is 16.4. The molecule has 128 valence electrons. The highest BCUT2D eigenvalue weighted by Gasteiger charge is 2.29. The summed E-state index contributed by atoms with van der Waals surface area (Å²) in [6.45, 7) is 1.74. The van der Waals surface area contributed by atoms with Gasteiger partial charge in [0.15, 0.2) is 0 Å². The van der Waals surface area contributed by atoms with Gasteiger partial charge in [-0.3, -0.25) is 4.90 Å². The zero-order valence-electron chi connectivity index (χ0n) is 14.3. The predicted molar refractivity (Wildman–Crippen MR) is 102 cm³/mol. The molecular formula is C21H21ClN2O. The van der Waals surface area contributed by atoms with Crippen LogP contribution in [0.3, 0.4) is 0 Å². The second kappa shape index (κ2) is 7.03. The van der Waals surface area contributed by atoms with E-state index in [1.807, 2.05) is 30.3 Å². The number of aromatic nitrogens is 1. The van der Waals surface area contributed by atoms with Crippen LogP contribution in [0.5, 0.6) is 5.75 Å². The summed E-state index contributed by atoms with van der Waals surface area (Å²) in [6, 6.07) is 19.2. The lowest BCUT2D eigenvalue weighted by Gasteiger charge is -2.23. The molecule has 0 saturated heterocycles. The van der Waals surface area contributed by atoms with E-state index in [0.29, 0.717) is 11.2 Å². The minimum atomic E-state index is 0.610. The van der Waals surface area contributed by atoms with Gasteiger partial charge in [0.2, 0.25) is 0 Å². The number of nitrogens with zero attached hydrogens (tertiary/aromatic N) is 2. The summed E-state index contributed by atoms with van der Waals surface area (Å²) in [6.07, 6.45) is 2.52. The van der Waals surface area contributed by atoms with Gasteiger partial charge >= 0.3 is 0 Å². The Bertz CT molecular complexity index is 875. The van der Waals surface area contributed by atoms with E-state index < -0.39 is 0 Å². The van der Waals surface area contributed by atoms with Crippen molar-refractivity contribution >= 4 is 22.5 Å². The van der Waals surface area contributed by atoms with Crippen LogP contribution in [0, 0.1) is 0 Å². The van der Waals surface area contributed by atoms with Crippen LogP contribution >= 0.6 is 11.6 Å². The van der Waals surface area contributed by atoms with E-state index >= 15 is 0 Å². The van der Waals surface area contributed by atoms with Crippen LogP contribution in [-0.4, -0.2) is 23.0 Å². The molecule has 25 heavy (non-hydrogen) atoms. The van der Waals surface area contributed by atoms with Crippen molar-refractivity contribution in [3.63, 3.8) is 0 Å². The van der Waals surface area contributed by atoms with Gasteiger partial charge in [-0.25, -0.2) is 4.98 Å². The average molecular weight is 353 g/mol. The van der Waals surface area contributed by atoms with Gasteiger partial charge < -0.3 is 4.74 Å². The van der Waals surface area contributed by atoms with Crippen LogP contribution in [0.2, 0.25) is 5.15 Å². The summed E-state index contributed by atoms with van der Waals surface area (Å²) in [5.74, 6) is 0.892. The Labute approximate surface area is 153 Å². The van der Waals surface area contributed by atoms with Crippen LogP contribution < -0.4 is 4.74 Å². The van der Waals surface area contributed by atoms with Crippen molar-refractivity contribution in [3.05, 3.63) is 70.9 Å². The summed E-state index contributed by atoms with van der Waals surface area (Å²) >= 11 is 6.46. The number of hydrogen-bond donors (Lipinski definition) is 0. The molecule has 1 aliphatic carbocycles. The molecule has 0 aliphatic heterocycles. The summed E-state index contributed by atoms with van der Waals surface area (Å²) < 4.78 is 5.25. The summed E-state index contributed by atoms with van der Waals surface area (Å²) in [5.41, 5.74) is 3.34. The van der Waals surface area contributed by atoms with Gasteiger partial charge in [-0.2, -0.15) is 0 Å². The van der Waals surface area contributed by atoms with Gasteiger partial charge in [0.1, 0.15) is 10.9 Å². The lowest BCUT2D eigenvalue weighted by Crippen LogP contribution is -2.25. The van der Waals surface area contributed by atoms with Gasteiger partial charge in [-0.05, 0) is 42.7 Å². The largest absolute Gasteiger partial charge is 0.497 e. The monoisotopic (exact) mass is 352 g/mol. The molecule has 1 aromatic heterocycles. The molecule has 4 rings (SSSR count). The summed E-state index contributed by atoms with van der Waals surface area (Å²) in [4.78, 5) is 7.06. The molecule has 0 bridgehead atoms. The molecule has 0 radical (unpaired) electrons. The number of hydrogen-bond acceptors (Lipinski definition) is 3. The minimum absolute atomic E-state index is 0.610. The first-order valence-electron chi connectivity index (χ1n) is 8.64. The fraction of sp³-hybridized carbons (Fsp3) is 0.286. The van der Waals surface area contributed by atoms with Gasteiger partial charge in [0.25, 0.3) is 0 Å². The van der Waals surface area contributed by atoms with Crippen molar-refractivity contribution in [2.24, 2.45) is 0 Å². The Balaban J connectivity index is 1.56. The number of halogens is 1. The Morgan fingerprint density at radius 1 is 1.08 bits per heavy atom. The van der Waals surface area contributed by atoms with Gasteiger partial charge in [-0.15, -0.1) is 0 Å².